The zero-order chi connectivity index (χ0) is 13.2. The first-order valence-corrected chi connectivity index (χ1v) is 6.10. The topological polar surface area (TPSA) is 49.3 Å². The van der Waals surface area contributed by atoms with E-state index in [2.05, 4.69) is 21.2 Å². The van der Waals surface area contributed by atoms with Gasteiger partial charge in [-0.05, 0) is 32.0 Å². The Kier molecular flexibility index (Phi) is 4.14. The Labute approximate surface area is 108 Å². The molecule has 17 heavy (non-hydrogen) atoms. The van der Waals surface area contributed by atoms with Gasteiger partial charge >= 0.3 is 0 Å². The highest BCUT2D eigenvalue weighted by Crippen LogP contribution is 2.21. The van der Waals surface area contributed by atoms with Crippen molar-refractivity contribution in [2.24, 2.45) is 0 Å². The minimum atomic E-state index is -0.558. The molecule has 1 aromatic carbocycles. The highest BCUT2D eigenvalue weighted by atomic mass is 79.9. The molecule has 3 nitrogen and oxygen atoms in total. The molecule has 0 aliphatic carbocycles. The van der Waals surface area contributed by atoms with Crippen LogP contribution in [0.2, 0.25) is 0 Å². The van der Waals surface area contributed by atoms with Gasteiger partial charge in [0, 0.05) is 10.4 Å². The van der Waals surface area contributed by atoms with E-state index in [1.165, 1.54) is 0 Å². The number of phenolic OH excluding ortho intramolecular Hbond substituents is 1. The first-order chi connectivity index (χ1) is 7.74. The molecule has 1 amide bonds. The number of alkyl halides is 1. The van der Waals surface area contributed by atoms with E-state index in [1.807, 2.05) is 20.8 Å². The number of carbonyl (C=O) groups excluding carboxylic acids is 1. The van der Waals surface area contributed by atoms with Gasteiger partial charge < -0.3 is 10.4 Å². The van der Waals surface area contributed by atoms with E-state index in [0.29, 0.717) is 0 Å². The van der Waals surface area contributed by atoms with Gasteiger partial charge in [-0.3, -0.25) is 4.79 Å². The van der Waals surface area contributed by atoms with Crippen LogP contribution in [0, 0.1) is 5.82 Å². The second-order valence-electron chi connectivity index (χ2n) is 4.45. The van der Waals surface area contributed by atoms with Gasteiger partial charge in [-0.25, -0.2) is 4.39 Å². The van der Waals surface area contributed by atoms with Gasteiger partial charge in [0.2, 0.25) is 0 Å². The molecular formula is C12H15BrFNO2. The number of benzene rings is 1. The molecule has 0 aliphatic rings. The van der Waals surface area contributed by atoms with Gasteiger partial charge in [-0.2, -0.15) is 0 Å². The zero-order valence-electron chi connectivity index (χ0n) is 9.92. The fraction of sp³-hybridized carbons (Fsp3) is 0.417. The predicted molar refractivity (Wildman–Crippen MR) is 68.0 cm³/mol. The lowest BCUT2D eigenvalue weighted by atomic mass is 10.0. The van der Waals surface area contributed by atoms with Crippen molar-refractivity contribution in [3.63, 3.8) is 0 Å². The summed E-state index contributed by atoms with van der Waals surface area (Å²) in [7, 11) is 0. The van der Waals surface area contributed by atoms with Crippen LogP contribution in [0.1, 0.15) is 31.1 Å². The van der Waals surface area contributed by atoms with Crippen molar-refractivity contribution < 1.29 is 14.3 Å². The molecule has 1 unspecified atom stereocenters. The molecule has 2 N–H and O–H groups in total. The average molecular weight is 304 g/mol. The molecule has 0 saturated carbocycles. The van der Waals surface area contributed by atoms with Gasteiger partial charge in [0.1, 0.15) is 11.6 Å². The second-order valence-corrected chi connectivity index (χ2v) is 5.83. The van der Waals surface area contributed by atoms with Crippen molar-refractivity contribution in [2.75, 3.05) is 0 Å². The lowest BCUT2D eigenvalue weighted by molar-refractivity contribution is 0.0910. The van der Waals surface area contributed by atoms with Crippen LogP contribution in [-0.4, -0.2) is 21.4 Å². The maximum atomic E-state index is 13.0. The van der Waals surface area contributed by atoms with E-state index in [1.54, 1.807) is 0 Å². The number of hydrogen-bond donors (Lipinski definition) is 2. The summed E-state index contributed by atoms with van der Waals surface area (Å²) in [5, 5.41) is 12.2. The molecule has 0 bridgehead atoms. The third-order valence-electron chi connectivity index (χ3n) is 2.63. The molecule has 0 heterocycles. The van der Waals surface area contributed by atoms with Crippen LogP contribution in [-0.2, 0) is 0 Å². The number of carbonyl (C=O) groups is 1. The SMILES string of the molecule is CC(Br)C(C)(C)NC(=O)c1cc(F)ccc1O. The lowest BCUT2D eigenvalue weighted by Gasteiger charge is -2.29. The molecular weight excluding hydrogens is 289 g/mol. The molecule has 0 aliphatic heterocycles. The minimum absolute atomic E-state index is 0.0367. The van der Waals surface area contributed by atoms with Crippen molar-refractivity contribution in [3.8, 4) is 5.75 Å². The van der Waals surface area contributed by atoms with E-state index in [-0.39, 0.29) is 16.1 Å². The molecule has 94 valence electrons. The second kappa shape index (κ2) is 5.04. The van der Waals surface area contributed by atoms with Crippen LogP contribution < -0.4 is 5.32 Å². The van der Waals surface area contributed by atoms with E-state index in [0.717, 1.165) is 18.2 Å². The van der Waals surface area contributed by atoms with Gasteiger partial charge in [0.15, 0.2) is 0 Å². The van der Waals surface area contributed by atoms with E-state index < -0.39 is 17.3 Å². The number of amides is 1. The quantitative estimate of drug-likeness (QED) is 0.844. The van der Waals surface area contributed by atoms with Gasteiger partial charge in [-0.15, -0.1) is 0 Å². The zero-order valence-corrected chi connectivity index (χ0v) is 11.5. The average Bonchev–Trinajstić information content (AvgIpc) is 2.20. The van der Waals surface area contributed by atoms with E-state index >= 15 is 0 Å². The van der Waals surface area contributed by atoms with Gasteiger partial charge in [0.25, 0.3) is 5.91 Å². The molecule has 0 radical (unpaired) electrons. The number of hydrogen-bond acceptors (Lipinski definition) is 2. The van der Waals surface area contributed by atoms with Crippen molar-refractivity contribution in [1.29, 1.82) is 0 Å². The molecule has 0 aromatic heterocycles. The molecule has 1 atom stereocenters. The van der Waals surface area contributed by atoms with Crippen LogP contribution >= 0.6 is 15.9 Å². The highest BCUT2D eigenvalue weighted by Gasteiger charge is 2.27. The van der Waals surface area contributed by atoms with Crippen LogP contribution in [0.3, 0.4) is 0 Å². The first-order valence-electron chi connectivity index (χ1n) is 5.19. The first kappa shape index (κ1) is 14.0. The minimum Gasteiger partial charge on any atom is -0.507 e. The van der Waals surface area contributed by atoms with Crippen LogP contribution in [0.5, 0.6) is 5.75 Å². The Bertz CT molecular complexity index is 433. The summed E-state index contributed by atoms with van der Waals surface area (Å²) in [6.45, 7) is 5.56. The number of rotatable bonds is 3. The maximum Gasteiger partial charge on any atom is 0.255 e. The summed E-state index contributed by atoms with van der Waals surface area (Å²) in [6.07, 6.45) is 0. The molecule has 1 aromatic rings. The Hall–Kier alpha value is -1.10. The Morgan fingerprint density at radius 2 is 2.12 bits per heavy atom. The highest BCUT2D eigenvalue weighted by molar-refractivity contribution is 9.09. The third kappa shape index (κ3) is 3.43. The van der Waals surface area contributed by atoms with Crippen LogP contribution in [0.15, 0.2) is 18.2 Å². The molecule has 5 heteroatoms. The van der Waals surface area contributed by atoms with Crippen LogP contribution in [0.25, 0.3) is 0 Å². The fourth-order valence-corrected chi connectivity index (χ4v) is 1.26. The maximum absolute atomic E-state index is 13.0. The molecule has 0 fully saturated rings. The summed E-state index contributed by atoms with van der Waals surface area (Å²) < 4.78 is 13.0. The molecule has 1 rings (SSSR count). The largest absolute Gasteiger partial charge is 0.507 e. The van der Waals surface area contributed by atoms with Crippen molar-refractivity contribution in [1.82, 2.24) is 5.32 Å². The van der Waals surface area contributed by atoms with Crippen molar-refractivity contribution >= 4 is 21.8 Å². The number of phenols is 1. The van der Waals surface area contributed by atoms with Gasteiger partial charge in [-0.1, -0.05) is 22.9 Å². The predicted octanol–water partition coefficient (Wildman–Crippen LogP) is 2.82. The van der Waals surface area contributed by atoms with Crippen LogP contribution in [0.4, 0.5) is 4.39 Å². The summed E-state index contributed by atoms with van der Waals surface area (Å²) >= 11 is 3.38. The Morgan fingerprint density at radius 1 is 1.53 bits per heavy atom. The monoisotopic (exact) mass is 303 g/mol. The molecule has 0 saturated heterocycles. The normalized spacial score (nSPS) is 13.2. The Morgan fingerprint density at radius 3 is 2.65 bits per heavy atom. The fourth-order valence-electron chi connectivity index (χ4n) is 1.15. The number of aromatic hydroxyl groups is 1. The summed E-state index contributed by atoms with van der Waals surface area (Å²) in [5.41, 5.74) is -0.568. The van der Waals surface area contributed by atoms with E-state index in [9.17, 15) is 14.3 Å². The Balaban J connectivity index is 2.94. The summed E-state index contributed by atoms with van der Waals surface area (Å²) in [5.74, 6) is -1.29. The lowest BCUT2D eigenvalue weighted by Crippen LogP contribution is -2.48. The van der Waals surface area contributed by atoms with Gasteiger partial charge in [0.05, 0.1) is 5.56 Å². The smallest absolute Gasteiger partial charge is 0.255 e. The van der Waals surface area contributed by atoms with Crippen molar-refractivity contribution in [3.05, 3.63) is 29.6 Å². The summed E-state index contributed by atoms with van der Waals surface area (Å²) in [6, 6.07) is 3.28. The number of nitrogens with one attached hydrogen (secondary N) is 1. The van der Waals surface area contributed by atoms with Crippen molar-refractivity contribution in [2.45, 2.75) is 31.1 Å². The molecule has 0 spiro atoms. The number of halogens is 2. The summed E-state index contributed by atoms with van der Waals surface area (Å²) in [4.78, 5) is 11.9. The standard InChI is InChI=1S/C12H15BrFNO2/c1-7(13)12(2,3)15-11(17)9-6-8(14)4-5-10(9)16/h4-7,16H,1-3H3,(H,15,17). The third-order valence-corrected chi connectivity index (χ3v) is 3.78. The van der Waals surface area contributed by atoms with E-state index in [4.69, 9.17) is 0 Å².